The molecule has 0 unspecified atom stereocenters. The molecule has 0 aliphatic heterocycles. The molecule has 2 nitrogen and oxygen atoms in total. The molecule has 0 aliphatic rings. The lowest BCUT2D eigenvalue weighted by Gasteiger charge is -1.99. The molecule has 0 heterocycles. The molecule has 0 spiro atoms. The van der Waals surface area contributed by atoms with Gasteiger partial charge in [-0.3, -0.25) is 4.79 Å². The van der Waals surface area contributed by atoms with Crippen LogP contribution < -0.4 is 0 Å². The monoisotopic (exact) mass is 172 g/mol. The molecule has 0 saturated carbocycles. The van der Waals surface area contributed by atoms with Crippen LogP contribution in [-0.4, -0.2) is 13.1 Å². The molecule has 72 valence electrons. The number of carbonyl (C=O) groups excluding carboxylic acids is 1. The van der Waals surface area contributed by atoms with Crippen molar-refractivity contribution in [2.45, 2.75) is 51.9 Å². The van der Waals surface area contributed by atoms with Gasteiger partial charge in [0.15, 0.2) is 0 Å². The Morgan fingerprint density at radius 2 is 1.67 bits per heavy atom. The second-order valence-electron chi connectivity index (χ2n) is 3.09. The molecule has 2 heteroatoms. The zero-order valence-corrected chi connectivity index (χ0v) is 8.27. The van der Waals surface area contributed by atoms with Crippen LogP contribution in [0.2, 0.25) is 0 Å². The molecule has 0 N–H and O–H groups in total. The van der Waals surface area contributed by atoms with Crippen molar-refractivity contribution in [3.8, 4) is 0 Å². The highest BCUT2D eigenvalue weighted by Gasteiger charge is 1.98. The fourth-order valence-electron chi connectivity index (χ4n) is 1.15. The number of rotatable bonds is 7. The van der Waals surface area contributed by atoms with Gasteiger partial charge in [0.2, 0.25) is 0 Å². The molecule has 0 aromatic heterocycles. The van der Waals surface area contributed by atoms with E-state index < -0.39 is 0 Å². The first-order valence-corrected chi connectivity index (χ1v) is 4.88. The molecule has 12 heavy (non-hydrogen) atoms. The smallest absolute Gasteiger partial charge is 0.305 e. The van der Waals surface area contributed by atoms with Crippen LogP contribution in [0.5, 0.6) is 0 Å². The predicted octanol–water partition coefficient (Wildman–Crippen LogP) is 2.91. The first-order chi connectivity index (χ1) is 5.81. The summed E-state index contributed by atoms with van der Waals surface area (Å²) in [6.07, 6.45) is 7.88. The SMILES string of the molecule is CCCCCCCCC(=O)OC. The highest BCUT2D eigenvalue weighted by atomic mass is 16.5. The minimum atomic E-state index is -0.0782. The van der Waals surface area contributed by atoms with Gasteiger partial charge in [0.1, 0.15) is 0 Å². The second-order valence-corrected chi connectivity index (χ2v) is 3.09. The Hall–Kier alpha value is -0.530. The maximum absolute atomic E-state index is 10.7. The van der Waals surface area contributed by atoms with E-state index in [0.29, 0.717) is 6.42 Å². The van der Waals surface area contributed by atoms with Gasteiger partial charge in [0.05, 0.1) is 7.11 Å². The molecule has 0 atom stereocenters. The van der Waals surface area contributed by atoms with E-state index in [1.807, 2.05) is 0 Å². The van der Waals surface area contributed by atoms with Gasteiger partial charge in [0, 0.05) is 6.42 Å². The quantitative estimate of drug-likeness (QED) is 0.436. The second kappa shape index (κ2) is 8.57. The number of hydrogen-bond donors (Lipinski definition) is 0. The molecule has 0 aromatic rings. The van der Waals surface area contributed by atoms with Crippen molar-refractivity contribution in [2.75, 3.05) is 7.11 Å². The van der Waals surface area contributed by atoms with E-state index in [9.17, 15) is 4.79 Å². The molecule has 0 rings (SSSR count). The summed E-state index contributed by atoms with van der Waals surface area (Å²) in [6, 6.07) is 0. The van der Waals surface area contributed by atoms with E-state index in [0.717, 1.165) is 12.8 Å². The summed E-state index contributed by atoms with van der Waals surface area (Å²) < 4.78 is 4.54. The molecule has 0 fully saturated rings. The number of unbranched alkanes of at least 4 members (excludes halogenated alkanes) is 5. The molecule has 0 amide bonds. The molecule has 0 saturated heterocycles. The Bertz CT molecular complexity index is 110. The highest BCUT2D eigenvalue weighted by Crippen LogP contribution is 2.06. The number of methoxy groups -OCH3 is 1. The third kappa shape index (κ3) is 7.58. The lowest BCUT2D eigenvalue weighted by Crippen LogP contribution is -1.98. The third-order valence-corrected chi connectivity index (χ3v) is 1.96. The highest BCUT2D eigenvalue weighted by molar-refractivity contribution is 5.68. The van der Waals surface area contributed by atoms with Crippen LogP contribution in [0.3, 0.4) is 0 Å². The number of esters is 1. The molecular weight excluding hydrogens is 152 g/mol. The van der Waals surface area contributed by atoms with E-state index in [-0.39, 0.29) is 5.97 Å². The Morgan fingerprint density at radius 1 is 1.08 bits per heavy atom. The van der Waals surface area contributed by atoms with Crippen LogP contribution in [0, 0.1) is 0 Å². The summed E-state index contributed by atoms with van der Waals surface area (Å²) in [5, 5.41) is 0. The van der Waals surface area contributed by atoms with Crippen molar-refractivity contribution in [1.29, 1.82) is 0 Å². The van der Waals surface area contributed by atoms with Crippen molar-refractivity contribution in [2.24, 2.45) is 0 Å². The Morgan fingerprint density at radius 3 is 2.25 bits per heavy atom. The summed E-state index contributed by atoms with van der Waals surface area (Å²) in [7, 11) is 1.44. The Balaban J connectivity index is 2.95. The average molecular weight is 172 g/mol. The van der Waals surface area contributed by atoms with Gasteiger partial charge in [-0.25, -0.2) is 0 Å². The Labute approximate surface area is 75.3 Å². The van der Waals surface area contributed by atoms with Crippen LogP contribution in [-0.2, 0) is 9.53 Å². The topological polar surface area (TPSA) is 26.3 Å². The first-order valence-electron chi connectivity index (χ1n) is 4.88. The zero-order valence-electron chi connectivity index (χ0n) is 8.27. The lowest BCUT2D eigenvalue weighted by atomic mass is 10.1. The Kier molecular flexibility index (Phi) is 8.19. The summed E-state index contributed by atoms with van der Waals surface area (Å²) in [5.74, 6) is -0.0782. The van der Waals surface area contributed by atoms with E-state index in [1.54, 1.807) is 0 Å². The van der Waals surface area contributed by atoms with Crippen LogP contribution in [0.15, 0.2) is 0 Å². The summed E-state index contributed by atoms with van der Waals surface area (Å²) in [4.78, 5) is 10.7. The predicted molar refractivity (Wildman–Crippen MR) is 50.0 cm³/mol. The van der Waals surface area contributed by atoms with Crippen molar-refractivity contribution < 1.29 is 9.53 Å². The molecule has 0 aromatic carbocycles. The first kappa shape index (κ1) is 11.5. The van der Waals surface area contributed by atoms with Crippen molar-refractivity contribution >= 4 is 5.97 Å². The van der Waals surface area contributed by atoms with Gasteiger partial charge in [0.25, 0.3) is 0 Å². The van der Waals surface area contributed by atoms with Gasteiger partial charge >= 0.3 is 5.97 Å². The number of carbonyl (C=O) groups is 1. The summed E-state index contributed by atoms with van der Waals surface area (Å²) in [5.41, 5.74) is 0. The van der Waals surface area contributed by atoms with Crippen molar-refractivity contribution in [3.05, 3.63) is 0 Å². The van der Waals surface area contributed by atoms with Crippen molar-refractivity contribution in [1.82, 2.24) is 0 Å². The van der Waals surface area contributed by atoms with E-state index in [4.69, 9.17) is 0 Å². The minimum Gasteiger partial charge on any atom is -0.469 e. The van der Waals surface area contributed by atoms with E-state index in [1.165, 1.54) is 32.8 Å². The largest absolute Gasteiger partial charge is 0.469 e. The maximum atomic E-state index is 10.7. The minimum absolute atomic E-state index is 0.0782. The third-order valence-electron chi connectivity index (χ3n) is 1.96. The fraction of sp³-hybridized carbons (Fsp3) is 0.900. The van der Waals surface area contributed by atoms with Gasteiger partial charge in [-0.05, 0) is 6.42 Å². The fourth-order valence-corrected chi connectivity index (χ4v) is 1.15. The molecule has 0 radical (unpaired) electrons. The average Bonchev–Trinajstić information content (AvgIpc) is 2.10. The molecule has 0 bridgehead atoms. The van der Waals surface area contributed by atoms with Gasteiger partial charge in [-0.2, -0.15) is 0 Å². The standard InChI is InChI=1S/C10H20O2/c1-3-4-5-6-7-8-9-10(11)12-2/h3-9H2,1-2H3. The van der Waals surface area contributed by atoms with E-state index >= 15 is 0 Å². The van der Waals surface area contributed by atoms with Crippen molar-refractivity contribution in [3.63, 3.8) is 0 Å². The maximum Gasteiger partial charge on any atom is 0.305 e. The van der Waals surface area contributed by atoms with Gasteiger partial charge in [-0.15, -0.1) is 0 Å². The molecule has 0 aliphatic carbocycles. The van der Waals surface area contributed by atoms with Crippen LogP contribution in [0.1, 0.15) is 51.9 Å². The van der Waals surface area contributed by atoms with Crippen LogP contribution >= 0.6 is 0 Å². The molecular formula is C10H20O2. The van der Waals surface area contributed by atoms with Crippen LogP contribution in [0.4, 0.5) is 0 Å². The lowest BCUT2D eigenvalue weighted by molar-refractivity contribution is -0.140. The van der Waals surface area contributed by atoms with Crippen LogP contribution in [0.25, 0.3) is 0 Å². The summed E-state index contributed by atoms with van der Waals surface area (Å²) in [6.45, 7) is 2.20. The van der Waals surface area contributed by atoms with Gasteiger partial charge < -0.3 is 4.74 Å². The number of ether oxygens (including phenoxy) is 1. The number of hydrogen-bond acceptors (Lipinski definition) is 2. The van der Waals surface area contributed by atoms with E-state index in [2.05, 4.69) is 11.7 Å². The summed E-state index contributed by atoms with van der Waals surface area (Å²) >= 11 is 0. The zero-order chi connectivity index (χ0) is 9.23. The van der Waals surface area contributed by atoms with Gasteiger partial charge in [-0.1, -0.05) is 39.0 Å². The normalized spacial score (nSPS) is 9.83.